The highest BCUT2D eigenvalue weighted by molar-refractivity contribution is 5.83. The third-order valence-corrected chi connectivity index (χ3v) is 5.12. The number of likely N-dealkylation sites (tertiary alicyclic amines) is 1. The first-order valence-corrected chi connectivity index (χ1v) is 10.1. The molecular formula is C23H31N3O2. The minimum absolute atomic E-state index is 0.0300. The van der Waals surface area contributed by atoms with Crippen molar-refractivity contribution in [3.63, 3.8) is 0 Å². The lowest BCUT2D eigenvalue weighted by atomic mass is 9.95. The number of fused-ring (bicyclic) bond motifs is 1. The molecule has 0 unspecified atom stereocenters. The maximum atomic E-state index is 12.5. The Morgan fingerprint density at radius 3 is 2.39 bits per heavy atom. The summed E-state index contributed by atoms with van der Waals surface area (Å²) in [6, 6.07) is 14.5. The Hall–Kier alpha value is -2.40. The first kappa shape index (κ1) is 20.3. The van der Waals surface area contributed by atoms with Gasteiger partial charge < -0.3 is 10.6 Å². The van der Waals surface area contributed by atoms with E-state index in [4.69, 9.17) is 0 Å². The van der Waals surface area contributed by atoms with Crippen molar-refractivity contribution in [3.05, 3.63) is 48.0 Å². The SMILES string of the molecule is CC(C)(C)NC(=O)CN1CCC(C(=O)NCc2ccc3ccccc3c2)CC1. The first-order valence-electron chi connectivity index (χ1n) is 10.1. The van der Waals surface area contributed by atoms with Gasteiger partial charge in [-0.25, -0.2) is 0 Å². The zero-order valence-corrected chi connectivity index (χ0v) is 17.1. The van der Waals surface area contributed by atoms with Gasteiger partial charge in [-0.3, -0.25) is 14.5 Å². The van der Waals surface area contributed by atoms with Gasteiger partial charge >= 0.3 is 0 Å². The smallest absolute Gasteiger partial charge is 0.234 e. The van der Waals surface area contributed by atoms with Crippen LogP contribution in [0.5, 0.6) is 0 Å². The van der Waals surface area contributed by atoms with Crippen LogP contribution in [-0.2, 0) is 16.1 Å². The lowest BCUT2D eigenvalue weighted by Gasteiger charge is -2.31. The van der Waals surface area contributed by atoms with Crippen molar-refractivity contribution in [3.8, 4) is 0 Å². The molecule has 2 aromatic rings. The molecule has 3 rings (SSSR count). The van der Waals surface area contributed by atoms with Crippen LogP contribution in [0.3, 0.4) is 0 Å². The summed E-state index contributed by atoms with van der Waals surface area (Å²) in [5.41, 5.74) is 0.904. The molecule has 1 fully saturated rings. The van der Waals surface area contributed by atoms with E-state index < -0.39 is 0 Å². The first-order chi connectivity index (χ1) is 13.3. The Morgan fingerprint density at radius 1 is 1.04 bits per heavy atom. The molecule has 1 saturated heterocycles. The highest BCUT2D eigenvalue weighted by atomic mass is 16.2. The Labute approximate surface area is 167 Å². The predicted octanol–water partition coefficient (Wildman–Crippen LogP) is 3.08. The second-order valence-corrected chi connectivity index (χ2v) is 8.75. The van der Waals surface area contributed by atoms with Crippen LogP contribution in [0.15, 0.2) is 42.5 Å². The van der Waals surface area contributed by atoms with E-state index in [9.17, 15) is 9.59 Å². The van der Waals surface area contributed by atoms with E-state index in [-0.39, 0.29) is 23.3 Å². The molecule has 0 atom stereocenters. The van der Waals surface area contributed by atoms with Crippen LogP contribution in [0, 0.1) is 5.92 Å². The van der Waals surface area contributed by atoms with Gasteiger partial charge in [0.05, 0.1) is 6.54 Å². The van der Waals surface area contributed by atoms with Gasteiger partial charge in [-0.1, -0.05) is 36.4 Å². The van der Waals surface area contributed by atoms with Crippen LogP contribution in [0.4, 0.5) is 0 Å². The lowest BCUT2D eigenvalue weighted by molar-refractivity contribution is -0.127. The third-order valence-electron chi connectivity index (χ3n) is 5.12. The van der Waals surface area contributed by atoms with Crippen molar-refractivity contribution in [2.24, 2.45) is 5.92 Å². The van der Waals surface area contributed by atoms with Crippen molar-refractivity contribution >= 4 is 22.6 Å². The Morgan fingerprint density at radius 2 is 1.71 bits per heavy atom. The number of hydrogen-bond acceptors (Lipinski definition) is 3. The summed E-state index contributed by atoms with van der Waals surface area (Å²) in [4.78, 5) is 26.7. The Bertz CT molecular complexity index is 833. The molecule has 0 saturated carbocycles. The Kier molecular flexibility index (Phi) is 6.35. The molecular weight excluding hydrogens is 350 g/mol. The topological polar surface area (TPSA) is 61.4 Å². The van der Waals surface area contributed by atoms with Gasteiger partial charge in [0.2, 0.25) is 11.8 Å². The molecule has 5 nitrogen and oxygen atoms in total. The number of nitrogens with one attached hydrogen (secondary N) is 2. The summed E-state index contributed by atoms with van der Waals surface area (Å²) in [6.45, 7) is 8.48. The average Bonchev–Trinajstić information content (AvgIpc) is 2.65. The van der Waals surface area contributed by atoms with Crippen molar-refractivity contribution in [1.82, 2.24) is 15.5 Å². The number of carbonyl (C=O) groups is 2. The average molecular weight is 382 g/mol. The predicted molar refractivity (Wildman–Crippen MR) is 113 cm³/mol. The minimum Gasteiger partial charge on any atom is -0.352 e. The quantitative estimate of drug-likeness (QED) is 0.837. The number of carbonyl (C=O) groups excluding carboxylic acids is 2. The molecule has 2 aromatic carbocycles. The van der Waals surface area contributed by atoms with Crippen molar-refractivity contribution in [1.29, 1.82) is 0 Å². The summed E-state index contributed by atoms with van der Waals surface area (Å²) in [7, 11) is 0. The fourth-order valence-electron chi connectivity index (χ4n) is 3.70. The normalized spacial score (nSPS) is 16.1. The van der Waals surface area contributed by atoms with Crippen LogP contribution in [0.25, 0.3) is 10.8 Å². The summed E-state index contributed by atoms with van der Waals surface area (Å²) in [6.07, 6.45) is 1.60. The molecule has 1 aliphatic rings. The molecule has 150 valence electrons. The molecule has 0 aliphatic carbocycles. The maximum absolute atomic E-state index is 12.5. The fourth-order valence-corrected chi connectivity index (χ4v) is 3.70. The molecule has 5 heteroatoms. The number of rotatable bonds is 5. The summed E-state index contributed by atoms with van der Waals surface area (Å²) in [5.74, 6) is 0.195. The zero-order chi connectivity index (χ0) is 20.1. The molecule has 0 spiro atoms. The van der Waals surface area contributed by atoms with Gasteiger partial charge in [0.15, 0.2) is 0 Å². The maximum Gasteiger partial charge on any atom is 0.234 e. The molecule has 0 radical (unpaired) electrons. The number of nitrogens with zero attached hydrogens (tertiary/aromatic N) is 1. The van der Waals surface area contributed by atoms with Crippen LogP contribution >= 0.6 is 0 Å². The molecule has 2 N–H and O–H groups in total. The molecule has 2 amide bonds. The highest BCUT2D eigenvalue weighted by Gasteiger charge is 2.26. The highest BCUT2D eigenvalue weighted by Crippen LogP contribution is 2.19. The van der Waals surface area contributed by atoms with Crippen LogP contribution in [-0.4, -0.2) is 41.9 Å². The lowest BCUT2D eigenvalue weighted by Crippen LogP contribution is -2.48. The number of amides is 2. The summed E-state index contributed by atoms with van der Waals surface area (Å²) >= 11 is 0. The van der Waals surface area contributed by atoms with Gasteiger partial charge in [-0.05, 0) is 69.1 Å². The second kappa shape index (κ2) is 8.74. The van der Waals surface area contributed by atoms with Gasteiger partial charge in [-0.2, -0.15) is 0 Å². The third kappa shape index (κ3) is 5.80. The van der Waals surface area contributed by atoms with E-state index in [2.05, 4.69) is 45.9 Å². The monoisotopic (exact) mass is 381 g/mol. The van der Waals surface area contributed by atoms with Crippen molar-refractivity contribution in [2.75, 3.05) is 19.6 Å². The van der Waals surface area contributed by atoms with E-state index in [1.165, 1.54) is 10.8 Å². The molecule has 0 bridgehead atoms. The van der Waals surface area contributed by atoms with Crippen LogP contribution in [0.2, 0.25) is 0 Å². The van der Waals surface area contributed by atoms with E-state index in [0.717, 1.165) is 31.5 Å². The van der Waals surface area contributed by atoms with Crippen molar-refractivity contribution < 1.29 is 9.59 Å². The van der Waals surface area contributed by atoms with Gasteiger partial charge in [0.25, 0.3) is 0 Å². The number of hydrogen-bond donors (Lipinski definition) is 2. The van der Waals surface area contributed by atoms with Gasteiger partial charge in [0, 0.05) is 18.0 Å². The van der Waals surface area contributed by atoms with E-state index in [1.807, 2.05) is 32.9 Å². The molecule has 28 heavy (non-hydrogen) atoms. The van der Waals surface area contributed by atoms with E-state index in [1.54, 1.807) is 0 Å². The summed E-state index contributed by atoms with van der Waals surface area (Å²) in [5, 5.41) is 8.47. The summed E-state index contributed by atoms with van der Waals surface area (Å²) < 4.78 is 0. The standard InChI is InChI=1S/C23H31N3O2/c1-23(2,3)25-21(27)16-26-12-10-19(11-13-26)22(28)24-15-17-8-9-18-6-4-5-7-20(18)14-17/h4-9,14,19H,10-13,15-16H2,1-3H3,(H,24,28)(H,25,27). The van der Waals surface area contributed by atoms with Crippen molar-refractivity contribution in [2.45, 2.75) is 45.7 Å². The van der Waals surface area contributed by atoms with E-state index in [0.29, 0.717) is 13.1 Å². The van der Waals surface area contributed by atoms with E-state index >= 15 is 0 Å². The fraction of sp³-hybridized carbons (Fsp3) is 0.478. The van der Waals surface area contributed by atoms with Crippen LogP contribution in [0.1, 0.15) is 39.2 Å². The van der Waals surface area contributed by atoms with Crippen LogP contribution < -0.4 is 10.6 Å². The Balaban J connectivity index is 1.44. The minimum atomic E-state index is -0.210. The second-order valence-electron chi connectivity index (χ2n) is 8.75. The van der Waals surface area contributed by atoms with Gasteiger partial charge in [0.1, 0.15) is 0 Å². The molecule has 1 heterocycles. The van der Waals surface area contributed by atoms with Gasteiger partial charge in [-0.15, -0.1) is 0 Å². The zero-order valence-electron chi connectivity index (χ0n) is 17.1. The molecule has 1 aliphatic heterocycles. The number of piperidine rings is 1. The molecule has 0 aromatic heterocycles. The number of benzene rings is 2. The largest absolute Gasteiger partial charge is 0.352 e.